The summed E-state index contributed by atoms with van der Waals surface area (Å²) in [6.45, 7) is 0. The number of carboxylic acids is 1. The lowest BCUT2D eigenvalue weighted by Crippen LogP contribution is -1.99. The molecule has 0 aliphatic heterocycles. The van der Waals surface area contributed by atoms with Gasteiger partial charge in [0.15, 0.2) is 0 Å². The molecule has 0 atom stereocenters. The molecule has 0 unspecified atom stereocenters. The van der Waals surface area contributed by atoms with Crippen molar-refractivity contribution in [3.05, 3.63) is 61.1 Å². The van der Waals surface area contributed by atoms with Crippen molar-refractivity contribution in [2.45, 2.75) is 0 Å². The molecule has 0 aliphatic carbocycles. The Balaban J connectivity index is 2.25. The Kier molecular flexibility index (Phi) is 5.37. The molecular weight excluding hydrogens is 406 g/mol. The highest BCUT2D eigenvalue weighted by molar-refractivity contribution is 9.10. The number of hydrazone groups is 1. The number of rotatable bonds is 5. The molecule has 0 saturated heterocycles. The van der Waals surface area contributed by atoms with Crippen LogP contribution in [-0.2, 0) is 0 Å². The van der Waals surface area contributed by atoms with Crippen molar-refractivity contribution in [1.29, 1.82) is 0 Å². The molecule has 2 aromatic carbocycles. The van der Waals surface area contributed by atoms with Gasteiger partial charge >= 0.3 is 5.97 Å². The van der Waals surface area contributed by atoms with Gasteiger partial charge < -0.3 is 10.2 Å². The normalized spacial score (nSPS) is 10.8. The number of carboxylic acid groups (broad SMARTS) is 1. The SMILES string of the molecule is O=C(O)c1cc(NN=Cc2cc([N+](=O)[O-])cc(Br)c2O)ccc1Cl. The first kappa shape index (κ1) is 17.7. The summed E-state index contributed by atoms with van der Waals surface area (Å²) in [5.41, 5.74) is 2.69. The van der Waals surface area contributed by atoms with E-state index in [4.69, 9.17) is 16.7 Å². The van der Waals surface area contributed by atoms with E-state index in [1.54, 1.807) is 0 Å². The number of benzene rings is 2. The number of halogens is 2. The smallest absolute Gasteiger partial charge is 0.337 e. The molecule has 124 valence electrons. The molecule has 0 heterocycles. The fourth-order valence-corrected chi connectivity index (χ4v) is 2.41. The summed E-state index contributed by atoms with van der Waals surface area (Å²) in [4.78, 5) is 21.2. The van der Waals surface area contributed by atoms with Crippen LogP contribution < -0.4 is 5.43 Å². The van der Waals surface area contributed by atoms with Crippen LogP contribution in [0.2, 0.25) is 5.02 Å². The quantitative estimate of drug-likeness (QED) is 0.387. The van der Waals surface area contributed by atoms with Crippen LogP contribution in [0.4, 0.5) is 11.4 Å². The zero-order valence-corrected chi connectivity index (χ0v) is 14.1. The zero-order valence-electron chi connectivity index (χ0n) is 11.7. The number of nitro groups is 1. The highest BCUT2D eigenvalue weighted by atomic mass is 79.9. The molecule has 0 bridgehead atoms. The van der Waals surface area contributed by atoms with Gasteiger partial charge in [0.2, 0.25) is 0 Å². The predicted molar refractivity (Wildman–Crippen MR) is 92.1 cm³/mol. The number of phenols is 1. The van der Waals surface area contributed by atoms with Crippen LogP contribution in [0, 0.1) is 10.1 Å². The Hall–Kier alpha value is -2.65. The van der Waals surface area contributed by atoms with Crippen LogP contribution in [0.25, 0.3) is 0 Å². The van der Waals surface area contributed by atoms with Crippen molar-refractivity contribution < 1.29 is 19.9 Å². The van der Waals surface area contributed by atoms with Crippen LogP contribution in [0.3, 0.4) is 0 Å². The maximum Gasteiger partial charge on any atom is 0.337 e. The van der Waals surface area contributed by atoms with Gasteiger partial charge in [-0.05, 0) is 34.1 Å². The Morgan fingerprint density at radius 3 is 2.71 bits per heavy atom. The Labute approximate surface area is 148 Å². The first-order valence-corrected chi connectivity index (χ1v) is 7.45. The van der Waals surface area contributed by atoms with Crippen LogP contribution in [0.5, 0.6) is 5.75 Å². The highest BCUT2D eigenvalue weighted by Crippen LogP contribution is 2.31. The lowest BCUT2D eigenvalue weighted by molar-refractivity contribution is -0.385. The average molecular weight is 415 g/mol. The molecule has 2 aromatic rings. The summed E-state index contributed by atoms with van der Waals surface area (Å²) in [6, 6.07) is 6.50. The summed E-state index contributed by atoms with van der Waals surface area (Å²) in [7, 11) is 0. The second-order valence-corrected chi connectivity index (χ2v) is 5.75. The fourth-order valence-electron chi connectivity index (χ4n) is 1.74. The van der Waals surface area contributed by atoms with Crippen LogP contribution in [0.1, 0.15) is 15.9 Å². The number of aromatic hydroxyl groups is 1. The lowest BCUT2D eigenvalue weighted by Gasteiger charge is -2.04. The molecule has 8 nitrogen and oxygen atoms in total. The molecule has 0 saturated carbocycles. The molecule has 10 heteroatoms. The maximum absolute atomic E-state index is 11.0. The lowest BCUT2D eigenvalue weighted by atomic mass is 10.2. The molecule has 2 rings (SSSR count). The second-order valence-electron chi connectivity index (χ2n) is 4.49. The van der Waals surface area contributed by atoms with Gasteiger partial charge in [-0.2, -0.15) is 5.10 Å². The monoisotopic (exact) mass is 413 g/mol. The fraction of sp³-hybridized carbons (Fsp3) is 0. The van der Waals surface area contributed by atoms with Gasteiger partial charge in [0.05, 0.1) is 31.9 Å². The standard InChI is InChI=1S/C14H9BrClN3O5/c15-11-5-9(19(23)24)3-7(13(11)20)6-17-18-8-1-2-12(16)10(4-8)14(21)22/h1-6,18,20H,(H,21,22). The summed E-state index contributed by atoms with van der Waals surface area (Å²) in [6.07, 6.45) is 1.17. The minimum Gasteiger partial charge on any atom is -0.506 e. The molecule has 3 N–H and O–H groups in total. The van der Waals surface area contributed by atoms with Crippen LogP contribution >= 0.6 is 27.5 Å². The topological polar surface area (TPSA) is 125 Å². The Bertz CT molecular complexity index is 857. The number of nitrogens with one attached hydrogen (secondary N) is 1. The van der Waals surface area contributed by atoms with Gasteiger partial charge in [0, 0.05) is 17.7 Å². The summed E-state index contributed by atoms with van der Waals surface area (Å²) >= 11 is 8.78. The molecule has 0 aliphatic rings. The van der Waals surface area contributed by atoms with E-state index in [2.05, 4.69) is 26.5 Å². The third kappa shape index (κ3) is 4.00. The predicted octanol–water partition coefficient (Wildman–Crippen LogP) is 3.86. The zero-order chi connectivity index (χ0) is 17.9. The van der Waals surface area contributed by atoms with Gasteiger partial charge in [-0.25, -0.2) is 4.79 Å². The second kappa shape index (κ2) is 7.28. The highest BCUT2D eigenvalue weighted by Gasteiger charge is 2.13. The average Bonchev–Trinajstić information content (AvgIpc) is 2.52. The van der Waals surface area contributed by atoms with Crippen molar-refractivity contribution in [3.8, 4) is 5.75 Å². The van der Waals surface area contributed by atoms with Gasteiger partial charge in [-0.3, -0.25) is 15.5 Å². The third-order valence-corrected chi connectivity index (χ3v) is 3.82. The number of nitrogens with zero attached hydrogens (tertiary/aromatic N) is 2. The molecule has 0 fully saturated rings. The number of non-ortho nitro benzene ring substituents is 1. The van der Waals surface area contributed by atoms with Crippen molar-refractivity contribution >= 4 is 51.1 Å². The van der Waals surface area contributed by atoms with E-state index >= 15 is 0 Å². The van der Waals surface area contributed by atoms with Crippen molar-refractivity contribution in [1.82, 2.24) is 0 Å². The number of hydrogen-bond donors (Lipinski definition) is 3. The molecule has 0 radical (unpaired) electrons. The number of nitro benzene ring substituents is 1. The van der Waals surface area contributed by atoms with Gasteiger partial charge in [0.1, 0.15) is 5.75 Å². The van der Waals surface area contributed by atoms with E-state index in [0.717, 1.165) is 6.07 Å². The number of aromatic carboxylic acids is 1. The van der Waals surface area contributed by atoms with Crippen LogP contribution in [0.15, 0.2) is 39.9 Å². The summed E-state index contributed by atoms with van der Waals surface area (Å²) in [5.74, 6) is -1.40. The summed E-state index contributed by atoms with van der Waals surface area (Å²) in [5, 5.41) is 33.6. The molecular formula is C14H9BrClN3O5. The largest absolute Gasteiger partial charge is 0.506 e. The minimum atomic E-state index is -1.19. The van der Waals surface area contributed by atoms with E-state index in [9.17, 15) is 20.0 Å². The number of phenolic OH excluding ortho intramolecular Hbond substituents is 1. The number of carbonyl (C=O) groups is 1. The Morgan fingerprint density at radius 1 is 1.38 bits per heavy atom. The first-order chi connectivity index (χ1) is 11.3. The molecule has 0 spiro atoms. The van der Waals surface area contributed by atoms with E-state index in [0.29, 0.717) is 5.69 Å². The molecule has 24 heavy (non-hydrogen) atoms. The van der Waals surface area contributed by atoms with Gasteiger partial charge in [-0.15, -0.1) is 0 Å². The van der Waals surface area contributed by atoms with Crippen LogP contribution in [-0.4, -0.2) is 27.3 Å². The van der Waals surface area contributed by atoms with Crippen molar-refractivity contribution in [2.75, 3.05) is 5.43 Å². The summed E-state index contributed by atoms with van der Waals surface area (Å²) < 4.78 is 0.151. The van der Waals surface area contributed by atoms with E-state index in [1.807, 2.05) is 0 Å². The Morgan fingerprint density at radius 2 is 2.08 bits per heavy atom. The van der Waals surface area contributed by atoms with Crippen molar-refractivity contribution in [3.63, 3.8) is 0 Å². The van der Waals surface area contributed by atoms with E-state index in [-0.39, 0.29) is 32.1 Å². The van der Waals surface area contributed by atoms with Gasteiger partial charge in [-0.1, -0.05) is 11.6 Å². The minimum absolute atomic E-state index is 0.0808. The number of anilines is 1. The van der Waals surface area contributed by atoms with Gasteiger partial charge in [0.25, 0.3) is 5.69 Å². The van der Waals surface area contributed by atoms with Crippen molar-refractivity contribution in [2.24, 2.45) is 5.10 Å². The first-order valence-electron chi connectivity index (χ1n) is 6.28. The third-order valence-electron chi connectivity index (χ3n) is 2.88. The van der Waals surface area contributed by atoms with E-state index in [1.165, 1.54) is 30.5 Å². The maximum atomic E-state index is 11.0. The molecule has 0 aromatic heterocycles. The van der Waals surface area contributed by atoms with E-state index < -0.39 is 10.9 Å². The number of hydrogen-bond acceptors (Lipinski definition) is 6. The molecule has 0 amide bonds.